The van der Waals surface area contributed by atoms with Gasteiger partial charge in [0.1, 0.15) is 0 Å². The summed E-state index contributed by atoms with van der Waals surface area (Å²) >= 11 is 1.61. The average Bonchev–Trinajstić information content (AvgIpc) is 3.21. The number of para-hydroxylation sites is 1. The van der Waals surface area contributed by atoms with Crippen molar-refractivity contribution in [1.82, 2.24) is 14.8 Å². The molecule has 0 aliphatic heterocycles. The van der Waals surface area contributed by atoms with Crippen molar-refractivity contribution < 1.29 is 4.79 Å². The van der Waals surface area contributed by atoms with Crippen molar-refractivity contribution in [1.29, 1.82) is 0 Å². The minimum absolute atomic E-state index is 0.183. The van der Waals surface area contributed by atoms with Crippen LogP contribution in [-0.4, -0.2) is 20.7 Å². The molecule has 2 heterocycles. The highest BCUT2D eigenvalue weighted by Gasteiger charge is 2.11. The molecule has 24 heavy (non-hydrogen) atoms. The van der Waals surface area contributed by atoms with Gasteiger partial charge in [-0.3, -0.25) is 4.79 Å². The molecular weight excluding hydrogens is 320 g/mol. The van der Waals surface area contributed by atoms with Crippen LogP contribution >= 0.6 is 11.3 Å². The Bertz CT molecular complexity index is 1020. The summed E-state index contributed by atoms with van der Waals surface area (Å²) in [5.74, 6) is -0.183. The van der Waals surface area contributed by atoms with Gasteiger partial charge in [0, 0.05) is 11.9 Å². The number of rotatable bonds is 3. The normalized spacial score (nSPS) is 10.9. The molecule has 1 N–H and O–H groups in total. The van der Waals surface area contributed by atoms with Crippen LogP contribution in [0.25, 0.3) is 15.9 Å². The van der Waals surface area contributed by atoms with Gasteiger partial charge < -0.3 is 5.32 Å². The first-order chi connectivity index (χ1) is 11.7. The molecule has 0 bridgehead atoms. The summed E-state index contributed by atoms with van der Waals surface area (Å²) in [6, 6.07) is 15.4. The third-order valence-corrected chi connectivity index (χ3v) is 4.55. The molecule has 2 aromatic carbocycles. The zero-order chi connectivity index (χ0) is 16.5. The number of fused-ring (bicyclic) bond motifs is 1. The van der Waals surface area contributed by atoms with E-state index in [4.69, 9.17) is 0 Å². The average molecular weight is 334 g/mol. The number of aromatic nitrogens is 3. The summed E-state index contributed by atoms with van der Waals surface area (Å²) in [6.07, 6.45) is 3.29. The number of nitrogens with one attached hydrogen (secondary N) is 1. The molecule has 0 saturated carbocycles. The Morgan fingerprint density at radius 1 is 1.17 bits per heavy atom. The molecule has 2 aromatic heterocycles. The Balaban J connectivity index is 1.56. The maximum atomic E-state index is 12.4. The first-order valence-corrected chi connectivity index (χ1v) is 8.29. The number of carbonyl (C=O) groups excluding carboxylic acids is 1. The van der Waals surface area contributed by atoms with Crippen LogP contribution in [0.5, 0.6) is 0 Å². The number of carbonyl (C=O) groups is 1. The minimum Gasteiger partial charge on any atom is -0.322 e. The highest BCUT2D eigenvalue weighted by Crippen LogP contribution is 2.25. The van der Waals surface area contributed by atoms with Gasteiger partial charge in [-0.2, -0.15) is 5.10 Å². The summed E-state index contributed by atoms with van der Waals surface area (Å²) in [6.45, 7) is 1.97. The molecule has 6 heteroatoms. The lowest BCUT2D eigenvalue weighted by Gasteiger charge is -2.03. The molecule has 4 aromatic rings. The molecule has 0 spiro atoms. The van der Waals surface area contributed by atoms with Crippen LogP contribution in [0.3, 0.4) is 0 Å². The number of amides is 1. The van der Waals surface area contributed by atoms with Crippen LogP contribution in [0.15, 0.2) is 60.9 Å². The van der Waals surface area contributed by atoms with E-state index >= 15 is 0 Å². The molecule has 0 aliphatic carbocycles. The molecule has 0 radical (unpaired) electrons. The zero-order valence-corrected chi connectivity index (χ0v) is 13.7. The van der Waals surface area contributed by atoms with E-state index in [0.717, 1.165) is 26.6 Å². The molecular formula is C18H14N4OS. The zero-order valence-electron chi connectivity index (χ0n) is 12.9. The lowest BCUT2D eigenvalue weighted by molar-refractivity contribution is 0.102. The molecule has 0 fully saturated rings. The van der Waals surface area contributed by atoms with Gasteiger partial charge in [0.05, 0.1) is 32.7 Å². The number of anilines is 1. The Kier molecular flexibility index (Phi) is 3.59. The minimum atomic E-state index is -0.183. The SMILES string of the molecule is Cc1nc2ccc(NC(=O)c3cnn(-c4ccccc4)c3)cc2s1. The van der Waals surface area contributed by atoms with Crippen LogP contribution < -0.4 is 5.32 Å². The maximum absolute atomic E-state index is 12.4. The van der Waals surface area contributed by atoms with Gasteiger partial charge in [-0.15, -0.1) is 11.3 Å². The Morgan fingerprint density at radius 3 is 2.83 bits per heavy atom. The quantitative estimate of drug-likeness (QED) is 0.615. The summed E-state index contributed by atoms with van der Waals surface area (Å²) in [5.41, 5.74) is 3.13. The first kappa shape index (κ1) is 14.6. The first-order valence-electron chi connectivity index (χ1n) is 7.48. The van der Waals surface area contributed by atoms with E-state index in [9.17, 15) is 4.79 Å². The van der Waals surface area contributed by atoms with Gasteiger partial charge >= 0.3 is 0 Å². The van der Waals surface area contributed by atoms with Gasteiger partial charge in [0.15, 0.2) is 0 Å². The predicted molar refractivity (Wildman–Crippen MR) is 95.9 cm³/mol. The van der Waals surface area contributed by atoms with Crippen LogP contribution in [-0.2, 0) is 0 Å². The standard InChI is InChI=1S/C18H14N4OS/c1-12-20-16-8-7-14(9-17(16)24-12)21-18(23)13-10-19-22(11-13)15-5-3-2-4-6-15/h2-11H,1H3,(H,21,23). The third kappa shape index (κ3) is 2.79. The van der Waals surface area contributed by atoms with E-state index in [2.05, 4.69) is 15.4 Å². The predicted octanol–water partition coefficient (Wildman–Crippen LogP) is 4.04. The number of hydrogen-bond donors (Lipinski definition) is 1. The number of thiazole rings is 1. The summed E-state index contributed by atoms with van der Waals surface area (Å²) in [4.78, 5) is 16.8. The van der Waals surface area contributed by atoms with Gasteiger partial charge in [-0.05, 0) is 37.3 Å². The van der Waals surface area contributed by atoms with Crippen molar-refractivity contribution in [3.8, 4) is 5.69 Å². The van der Waals surface area contributed by atoms with Gasteiger partial charge in [0.25, 0.3) is 5.91 Å². The second kappa shape index (κ2) is 5.90. The fourth-order valence-corrected chi connectivity index (χ4v) is 3.35. The van der Waals surface area contributed by atoms with Crippen molar-refractivity contribution in [2.24, 2.45) is 0 Å². The lowest BCUT2D eigenvalue weighted by atomic mass is 10.2. The largest absolute Gasteiger partial charge is 0.322 e. The fraction of sp³-hybridized carbons (Fsp3) is 0.0556. The monoisotopic (exact) mass is 334 g/mol. The molecule has 0 unspecified atom stereocenters. The van der Waals surface area contributed by atoms with Crippen molar-refractivity contribution >= 4 is 33.1 Å². The van der Waals surface area contributed by atoms with E-state index in [0.29, 0.717) is 5.56 Å². The third-order valence-electron chi connectivity index (χ3n) is 3.62. The van der Waals surface area contributed by atoms with E-state index in [1.807, 2.05) is 55.5 Å². The van der Waals surface area contributed by atoms with E-state index in [-0.39, 0.29) is 5.91 Å². The number of aryl methyl sites for hydroxylation is 1. The Morgan fingerprint density at radius 2 is 2.00 bits per heavy atom. The fourth-order valence-electron chi connectivity index (χ4n) is 2.48. The van der Waals surface area contributed by atoms with Gasteiger partial charge in [-0.25, -0.2) is 9.67 Å². The molecule has 0 aliphatic rings. The number of benzene rings is 2. The topological polar surface area (TPSA) is 59.8 Å². The molecule has 5 nitrogen and oxygen atoms in total. The molecule has 0 saturated heterocycles. The van der Waals surface area contributed by atoms with Crippen LogP contribution in [0.4, 0.5) is 5.69 Å². The second-order valence-electron chi connectivity index (χ2n) is 5.38. The molecule has 1 amide bonds. The molecule has 4 rings (SSSR count). The van der Waals surface area contributed by atoms with Crippen LogP contribution in [0.1, 0.15) is 15.4 Å². The van der Waals surface area contributed by atoms with Crippen molar-refractivity contribution in [2.45, 2.75) is 6.92 Å². The van der Waals surface area contributed by atoms with Crippen molar-refractivity contribution in [3.63, 3.8) is 0 Å². The van der Waals surface area contributed by atoms with Crippen LogP contribution in [0, 0.1) is 6.92 Å². The Hall–Kier alpha value is -2.99. The number of hydrogen-bond acceptors (Lipinski definition) is 4. The lowest BCUT2D eigenvalue weighted by Crippen LogP contribution is -2.10. The maximum Gasteiger partial charge on any atom is 0.258 e. The Labute approximate surface area is 142 Å². The smallest absolute Gasteiger partial charge is 0.258 e. The van der Waals surface area contributed by atoms with E-state index in [1.54, 1.807) is 28.4 Å². The second-order valence-corrected chi connectivity index (χ2v) is 6.61. The van der Waals surface area contributed by atoms with Gasteiger partial charge in [-0.1, -0.05) is 18.2 Å². The molecule has 118 valence electrons. The summed E-state index contributed by atoms with van der Waals surface area (Å²) in [7, 11) is 0. The van der Waals surface area contributed by atoms with Crippen LogP contribution in [0.2, 0.25) is 0 Å². The van der Waals surface area contributed by atoms with Crippen molar-refractivity contribution in [2.75, 3.05) is 5.32 Å². The van der Waals surface area contributed by atoms with Crippen molar-refractivity contribution in [3.05, 3.63) is 71.5 Å². The molecule has 0 atom stereocenters. The van der Waals surface area contributed by atoms with E-state index in [1.165, 1.54) is 0 Å². The highest BCUT2D eigenvalue weighted by molar-refractivity contribution is 7.18. The van der Waals surface area contributed by atoms with Gasteiger partial charge in [0.2, 0.25) is 0 Å². The number of nitrogens with zero attached hydrogens (tertiary/aromatic N) is 3. The van der Waals surface area contributed by atoms with E-state index < -0.39 is 0 Å². The summed E-state index contributed by atoms with van der Waals surface area (Å²) < 4.78 is 2.75. The summed E-state index contributed by atoms with van der Waals surface area (Å²) in [5, 5.41) is 8.17. The highest BCUT2D eigenvalue weighted by atomic mass is 32.1.